The number of nitrogens with one attached hydrogen (secondary N) is 1. The molecule has 0 saturated heterocycles. The predicted octanol–water partition coefficient (Wildman–Crippen LogP) is 2.21. The SMILES string of the molecule is COC(=O)CC(=O)C12CCC(NC(=O)Cn3nc(C(C)C)c(OCC(C)C)cc3=O)(C1)C2.[HH]. The molecule has 3 fully saturated rings. The van der Waals surface area contributed by atoms with E-state index in [4.69, 9.17) is 4.74 Å². The molecule has 3 aliphatic rings. The number of Topliss-reactive ketones (excluding diaryl/α,β-unsaturated/α-hetero) is 1. The molecule has 2 bridgehead atoms. The number of aromatic nitrogens is 2. The van der Waals surface area contributed by atoms with Gasteiger partial charge in [0.25, 0.3) is 5.56 Å². The van der Waals surface area contributed by atoms with Gasteiger partial charge in [0.1, 0.15) is 30.2 Å². The van der Waals surface area contributed by atoms with Gasteiger partial charge in [0, 0.05) is 24.4 Å². The van der Waals surface area contributed by atoms with Crippen LogP contribution in [-0.2, 0) is 25.7 Å². The van der Waals surface area contributed by atoms with Crippen molar-refractivity contribution in [3.63, 3.8) is 0 Å². The van der Waals surface area contributed by atoms with Crippen LogP contribution in [-0.4, -0.2) is 46.7 Å². The van der Waals surface area contributed by atoms with E-state index in [1.54, 1.807) is 0 Å². The maximum Gasteiger partial charge on any atom is 0.313 e. The van der Waals surface area contributed by atoms with E-state index in [1.807, 2.05) is 27.7 Å². The Morgan fingerprint density at radius 3 is 2.50 bits per heavy atom. The Morgan fingerprint density at radius 1 is 1.22 bits per heavy atom. The van der Waals surface area contributed by atoms with Crippen molar-refractivity contribution < 1.29 is 25.3 Å². The van der Waals surface area contributed by atoms with Gasteiger partial charge >= 0.3 is 5.97 Å². The van der Waals surface area contributed by atoms with Crippen LogP contribution in [0.3, 0.4) is 0 Å². The fourth-order valence-corrected chi connectivity index (χ4v) is 4.80. The number of ketones is 1. The van der Waals surface area contributed by atoms with Gasteiger partial charge in [-0.3, -0.25) is 19.2 Å². The first kappa shape index (κ1) is 23.9. The smallest absolute Gasteiger partial charge is 0.313 e. The lowest BCUT2D eigenvalue weighted by Crippen LogP contribution is -2.58. The number of ether oxygens (including phenoxy) is 2. The number of nitrogens with zero attached hydrogens (tertiary/aromatic N) is 2. The molecular weight excluding hydrogens is 414 g/mol. The monoisotopic (exact) mass is 449 g/mol. The van der Waals surface area contributed by atoms with Crippen molar-refractivity contribution in [3.05, 3.63) is 22.1 Å². The Balaban J connectivity index is 0.00000385. The van der Waals surface area contributed by atoms with E-state index >= 15 is 0 Å². The number of esters is 1. The number of fused-ring (bicyclic) bond motifs is 1. The van der Waals surface area contributed by atoms with E-state index in [0.717, 1.165) is 4.68 Å². The van der Waals surface area contributed by atoms with E-state index < -0.39 is 22.5 Å². The molecule has 3 saturated carbocycles. The summed E-state index contributed by atoms with van der Waals surface area (Å²) < 4.78 is 11.5. The number of rotatable bonds is 10. The first-order valence-corrected chi connectivity index (χ1v) is 11.2. The summed E-state index contributed by atoms with van der Waals surface area (Å²) in [6.45, 7) is 8.23. The van der Waals surface area contributed by atoms with Crippen molar-refractivity contribution in [2.24, 2.45) is 11.3 Å². The molecule has 0 radical (unpaired) electrons. The third-order valence-corrected chi connectivity index (χ3v) is 6.37. The van der Waals surface area contributed by atoms with Crippen molar-refractivity contribution in [3.8, 4) is 5.75 Å². The molecule has 1 aromatic heterocycles. The summed E-state index contributed by atoms with van der Waals surface area (Å²) in [5, 5.41) is 7.41. The van der Waals surface area contributed by atoms with Gasteiger partial charge in [0.05, 0.1) is 13.7 Å². The number of carbonyl (C=O) groups excluding carboxylic acids is 3. The summed E-state index contributed by atoms with van der Waals surface area (Å²) in [6, 6.07) is 1.39. The number of amides is 1. The van der Waals surface area contributed by atoms with Crippen molar-refractivity contribution in [2.75, 3.05) is 13.7 Å². The maximum atomic E-state index is 12.7. The highest BCUT2D eigenvalue weighted by molar-refractivity contribution is 6.00. The lowest BCUT2D eigenvalue weighted by molar-refractivity contribution is -0.148. The number of methoxy groups -OCH3 is 1. The van der Waals surface area contributed by atoms with Crippen molar-refractivity contribution >= 4 is 17.7 Å². The summed E-state index contributed by atoms with van der Waals surface area (Å²) in [6.07, 6.45) is 2.11. The molecule has 1 amide bonds. The molecule has 0 aliphatic heterocycles. The maximum absolute atomic E-state index is 12.7. The van der Waals surface area contributed by atoms with Crippen LogP contribution in [0.15, 0.2) is 10.9 Å². The van der Waals surface area contributed by atoms with E-state index in [9.17, 15) is 19.2 Å². The molecule has 0 spiro atoms. The second kappa shape index (κ2) is 9.03. The number of hydrogen-bond acceptors (Lipinski definition) is 7. The fourth-order valence-electron chi connectivity index (χ4n) is 4.80. The third-order valence-electron chi connectivity index (χ3n) is 6.37. The van der Waals surface area contributed by atoms with Crippen LogP contribution >= 0.6 is 0 Å². The molecule has 4 rings (SSSR count). The zero-order valence-electron chi connectivity index (χ0n) is 19.5. The Bertz CT molecular complexity index is 965. The Morgan fingerprint density at radius 2 is 1.91 bits per heavy atom. The molecule has 1 aromatic rings. The van der Waals surface area contributed by atoms with Gasteiger partial charge in [-0.15, -0.1) is 0 Å². The van der Waals surface area contributed by atoms with E-state index in [2.05, 4.69) is 15.2 Å². The molecule has 1 N–H and O–H groups in total. The molecule has 1 heterocycles. The standard InChI is InChI=1S/C23H33N3O6.H2/c1-14(2)11-32-16-8-19(29)26(25-21(16)15(3)4)10-18(28)24-23-7-6-22(12-23,13-23)17(27)9-20(30)31-5;/h8,14-15H,6-7,9-13H2,1-5H3,(H,24,28);1H. The molecule has 0 aromatic carbocycles. The van der Waals surface area contributed by atoms with Gasteiger partial charge in [-0.05, 0) is 31.6 Å². The molecule has 3 aliphatic carbocycles. The summed E-state index contributed by atoms with van der Waals surface area (Å²) in [5.74, 6) is -0.191. The first-order chi connectivity index (χ1) is 15.0. The summed E-state index contributed by atoms with van der Waals surface area (Å²) in [5.41, 5.74) is -0.763. The van der Waals surface area contributed by atoms with Crippen LogP contribution in [0.4, 0.5) is 0 Å². The molecule has 32 heavy (non-hydrogen) atoms. The quantitative estimate of drug-likeness (QED) is 0.430. The van der Waals surface area contributed by atoms with E-state index in [-0.39, 0.29) is 32.0 Å². The van der Waals surface area contributed by atoms with E-state index in [1.165, 1.54) is 13.2 Å². The van der Waals surface area contributed by atoms with Crippen LogP contribution in [0.2, 0.25) is 0 Å². The minimum absolute atomic E-state index is 0. The van der Waals surface area contributed by atoms with Gasteiger partial charge in [-0.2, -0.15) is 5.10 Å². The zero-order chi connectivity index (χ0) is 23.7. The summed E-state index contributed by atoms with van der Waals surface area (Å²) in [4.78, 5) is 49.2. The average molecular weight is 450 g/mol. The Labute approximate surface area is 189 Å². The zero-order valence-corrected chi connectivity index (χ0v) is 19.5. The number of hydrogen-bond donors (Lipinski definition) is 1. The lowest BCUT2D eigenvalue weighted by Gasteiger charge is -2.46. The first-order valence-electron chi connectivity index (χ1n) is 11.2. The Kier molecular flexibility index (Phi) is 6.76. The van der Waals surface area contributed by atoms with Crippen molar-refractivity contribution in [2.45, 2.75) is 77.8 Å². The van der Waals surface area contributed by atoms with Gasteiger partial charge in [-0.1, -0.05) is 27.7 Å². The van der Waals surface area contributed by atoms with Crippen LogP contribution in [0, 0.1) is 11.3 Å². The normalized spacial score (nSPS) is 23.7. The highest BCUT2D eigenvalue weighted by atomic mass is 16.5. The molecule has 9 heteroatoms. The molecule has 0 unspecified atom stereocenters. The minimum Gasteiger partial charge on any atom is -0.491 e. The predicted molar refractivity (Wildman–Crippen MR) is 118 cm³/mol. The minimum atomic E-state index is -0.545. The van der Waals surface area contributed by atoms with Crippen molar-refractivity contribution in [1.29, 1.82) is 0 Å². The highest BCUT2D eigenvalue weighted by Gasteiger charge is 2.64. The summed E-state index contributed by atoms with van der Waals surface area (Å²) in [7, 11) is 1.26. The third kappa shape index (κ3) is 4.86. The Hall–Kier alpha value is -2.71. The van der Waals surface area contributed by atoms with Gasteiger partial charge in [0.15, 0.2) is 0 Å². The fraction of sp³-hybridized carbons (Fsp3) is 0.696. The van der Waals surface area contributed by atoms with Gasteiger partial charge in [-0.25, -0.2) is 4.68 Å². The molecule has 0 atom stereocenters. The van der Waals surface area contributed by atoms with Crippen LogP contribution < -0.4 is 15.6 Å². The van der Waals surface area contributed by atoms with Gasteiger partial charge < -0.3 is 14.8 Å². The molecule has 9 nitrogen and oxygen atoms in total. The van der Waals surface area contributed by atoms with Gasteiger partial charge in [0.2, 0.25) is 5.91 Å². The lowest BCUT2D eigenvalue weighted by atomic mass is 9.62. The van der Waals surface area contributed by atoms with Crippen LogP contribution in [0.1, 0.15) is 72.8 Å². The molecular formula is C23H35N3O6. The second-order valence-electron chi connectivity index (χ2n) is 9.89. The largest absolute Gasteiger partial charge is 0.491 e. The average Bonchev–Trinajstić information content (AvgIpc) is 3.24. The van der Waals surface area contributed by atoms with Crippen molar-refractivity contribution in [1.82, 2.24) is 15.1 Å². The van der Waals surface area contributed by atoms with Crippen LogP contribution in [0.25, 0.3) is 0 Å². The molecule has 178 valence electrons. The van der Waals surface area contributed by atoms with E-state index in [0.29, 0.717) is 49.7 Å². The summed E-state index contributed by atoms with van der Waals surface area (Å²) >= 11 is 0. The van der Waals surface area contributed by atoms with Crippen LogP contribution in [0.5, 0.6) is 5.75 Å². The second-order valence-corrected chi connectivity index (χ2v) is 9.89. The topological polar surface area (TPSA) is 117 Å². The number of carbonyl (C=O) groups is 3. The highest BCUT2D eigenvalue weighted by Crippen LogP contribution is 2.62.